The molecule has 2 heterocycles. The van der Waals surface area contributed by atoms with Crippen LogP contribution in [0, 0.1) is 0 Å². The van der Waals surface area contributed by atoms with E-state index in [0.29, 0.717) is 5.82 Å². The van der Waals surface area contributed by atoms with Crippen molar-refractivity contribution < 1.29 is 9.21 Å². The molecule has 2 rings (SSSR count). The first-order chi connectivity index (χ1) is 6.36. The minimum absolute atomic E-state index is 0.273. The van der Waals surface area contributed by atoms with Gasteiger partial charge in [0.05, 0.1) is 12.5 Å². The summed E-state index contributed by atoms with van der Waals surface area (Å²) in [6.07, 6.45) is 3.00. The SMILES string of the molecule is O=C(Nc1ccn[nH]1)c1ccco1. The molecule has 0 saturated carbocycles. The normalized spacial score (nSPS) is 9.85. The molecule has 2 aromatic rings. The number of aromatic amines is 1. The number of furan rings is 1. The largest absolute Gasteiger partial charge is 0.459 e. The number of hydrogen-bond donors (Lipinski definition) is 2. The van der Waals surface area contributed by atoms with Gasteiger partial charge < -0.3 is 9.73 Å². The zero-order valence-electron chi connectivity index (χ0n) is 6.65. The molecule has 5 nitrogen and oxygen atoms in total. The molecule has 2 N–H and O–H groups in total. The summed E-state index contributed by atoms with van der Waals surface area (Å²) >= 11 is 0. The number of nitrogens with zero attached hydrogens (tertiary/aromatic N) is 1. The number of carbonyl (C=O) groups excluding carboxylic acids is 1. The first-order valence-electron chi connectivity index (χ1n) is 3.70. The Kier molecular flexibility index (Phi) is 1.84. The van der Waals surface area contributed by atoms with Crippen molar-refractivity contribution in [2.45, 2.75) is 0 Å². The van der Waals surface area contributed by atoms with Gasteiger partial charge in [-0.05, 0) is 12.1 Å². The molecular formula is C8H7N3O2. The molecule has 0 aliphatic rings. The van der Waals surface area contributed by atoms with Crippen molar-refractivity contribution >= 4 is 11.7 Å². The molecule has 0 atom stereocenters. The Morgan fingerprint density at radius 1 is 1.54 bits per heavy atom. The summed E-state index contributed by atoms with van der Waals surface area (Å²) in [6, 6.07) is 4.90. The van der Waals surface area contributed by atoms with E-state index in [2.05, 4.69) is 15.5 Å². The third kappa shape index (κ3) is 1.58. The zero-order chi connectivity index (χ0) is 9.10. The molecule has 0 aromatic carbocycles. The molecule has 0 radical (unpaired) electrons. The molecule has 0 aliphatic carbocycles. The molecule has 0 saturated heterocycles. The summed E-state index contributed by atoms with van der Waals surface area (Å²) in [7, 11) is 0. The highest BCUT2D eigenvalue weighted by atomic mass is 16.3. The summed E-state index contributed by atoms with van der Waals surface area (Å²) in [6.45, 7) is 0. The number of carbonyl (C=O) groups is 1. The second-order valence-electron chi connectivity index (χ2n) is 2.40. The van der Waals surface area contributed by atoms with Crippen molar-refractivity contribution in [2.75, 3.05) is 5.32 Å². The monoisotopic (exact) mass is 177 g/mol. The van der Waals surface area contributed by atoms with E-state index in [1.165, 1.54) is 6.26 Å². The fraction of sp³-hybridized carbons (Fsp3) is 0. The van der Waals surface area contributed by atoms with Gasteiger partial charge in [0.15, 0.2) is 5.76 Å². The van der Waals surface area contributed by atoms with Gasteiger partial charge in [0.25, 0.3) is 5.91 Å². The van der Waals surface area contributed by atoms with Crippen LogP contribution in [0.3, 0.4) is 0 Å². The lowest BCUT2D eigenvalue weighted by Gasteiger charge is -1.97. The second kappa shape index (κ2) is 3.14. The Morgan fingerprint density at radius 3 is 3.08 bits per heavy atom. The van der Waals surface area contributed by atoms with Crippen molar-refractivity contribution in [2.24, 2.45) is 0 Å². The van der Waals surface area contributed by atoms with Gasteiger partial charge in [0.1, 0.15) is 5.82 Å². The summed E-state index contributed by atoms with van der Waals surface area (Å²) in [5, 5.41) is 8.87. The van der Waals surface area contributed by atoms with Crippen molar-refractivity contribution in [3.8, 4) is 0 Å². The Balaban J connectivity index is 2.08. The zero-order valence-corrected chi connectivity index (χ0v) is 6.65. The third-order valence-electron chi connectivity index (χ3n) is 1.49. The lowest BCUT2D eigenvalue weighted by Crippen LogP contribution is -2.10. The van der Waals surface area contributed by atoms with E-state index in [1.807, 2.05) is 0 Å². The molecule has 0 spiro atoms. The number of anilines is 1. The van der Waals surface area contributed by atoms with Crippen LogP contribution in [0.1, 0.15) is 10.6 Å². The molecule has 0 unspecified atom stereocenters. The molecule has 1 amide bonds. The molecule has 0 bridgehead atoms. The number of H-pyrrole nitrogens is 1. The lowest BCUT2D eigenvalue weighted by molar-refractivity contribution is 0.0996. The smallest absolute Gasteiger partial charge is 0.292 e. The number of amides is 1. The third-order valence-corrected chi connectivity index (χ3v) is 1.49. The van der Waals surface area contributed by atoms with E-state index >= 15 is 0 Å². The summed E-state index contributed by atoms with van der Waals surface area (Å²) in [5.41, 5.74) is 0. The van der Waals surface area contributed by atoms with Gasteiger partial charge in [-0.3, -0.25) is 9.89 Å². The number of rotatable bonds is 2. The summed E-state index contributed by atoms with van der Waals surface area (Å²) in [5.74, 6) is 0.519. The van der Waals surface area contributed by atoms with Gasteiger partial charge in [-0.15, -0.1) is 0 Å². The minimum atomic E-state index is -0.297. The van der Waals surface area contributed by atoms with E-state index in [1.54, 1.807) is 24.4 Å². The molecule has 66 valence electrons. The number of aromatic nitrogens is 2. The maximum atomic E-state index is 11.3. The van der Waals surface area contributed by atoms with Crippen LogP contribution in [-0.2, 0) is 0 Å². The van der Waals surface area contributed by atoms with E-state index in [9.17, 15) is 4.79 Å². The molecule has 5 heteroatoms. The maximum Gasteiger partial charge on any atom is 0.292 e. The maximum absolute atomic E-state index is 11.3. The highest BCUT2D eigenvalue weighted by Crippen LogP contribution is 2.04. The molecule has 0 aliphatic heterocycles. The lowest BCUT2D eigenvalue weighted by atomic mass is 10.4. The predicted molar refractivity (Wildman–Crippen MR) is 45.2 cm³/mol. The average molecular weight is 177 g/mol. The predicted octanol–water partition coefficient (Wildman–Crippen LogP) is 1.25. The fourth-order valence-corrected chi connectivity index (χ4v) is 0.917. The molecule has 13 heavy (non-hydrogen) atoms. The minimum Gasteiger partial charge on any atom is -0.459 e. The van der Waals surface area contributed by atoms with Gasteiger partial charge in [-0.2, -0.15) is 5.10 Å². The Hall–Kier alpha value is -2.04. The van der Waals surface area contributed by atoms with E-state index in [4.69, 9.17) is 4.42 Å². The molecule has 2 aromatic heterocycles. The van der Waals surface area contributed by atoms with Gasteiger partial charge in [0.2, 0.25) is 0 Å². The van der Waals surface area contributed by atoms with E-state index in [0.717, 1.165) is 0 Å². The van der Waals surface area contributed by atoms with Crippen LogP contribution >= 0.6 is 0 Å². The van der Waals surface area contributed by atoms with Crippen LogP contribution in [0.15, 0.2) is 35.1 Å². The first kappa shape index (κ1) is 7.60. The van der Waals surface area contributed by atoms with Crippen molar-refractivity contribution in [1.82, 2.24) is 10.2 Å². The summed E-state index contributed by atoms with van der Waals surface area (Å²) in [4.78, 5) is 11.3. The Morgan fingerprint density at radius 2 is 2.46 bits per heavy atom. The summed E-state index contributed by atoms with van der Waals surface area (Å²) < 4.78 is 4.90. The fourth-order valence-electron chi connectivity index (χ4n) is 0.917. The number of nitrogens with one attached hydrogen (secondary N) is 2. The van der Waals surface area contributed by atoms with E-state index in [-0.39, 0.29) is 11.7 Å². The van der Waals surface area contributed by atoms with Gasteiger partial charge >= 0.3 is 0 Å². The number of hydrogen-bond acceptors (Lipinski definition) is 3. The van der Waals surface area contributed by atoms with Crippen LogP contribution < -0.4 is 5.32 Å². The Labute approximate surface area is 73.8 Å². The van der Waals surface area contributed by atoms with Crippen molar-refractivity contribution in [3.05, 3.63) is 36.4 Å². The highest BCUT2D eigenvalue weighted by molar-refractivity contribution is 6.01. The van der Waals surface area contributed by atoms with Crippen molar-refractivity contribution in [3.63, 3.8) is 0 Å². The van der Waals surface area contributed by atoms with Gasteiger partial charge in [-0.25, -0.2) is 0 Å². The van der Waals surface area contributed by atoms with Crippen LogP contribution in [0.2, 0.25) is 0 Å². The second-order valence-corrected chi connectivity index (χ2v) is 2.40. The highest BCUT2D eigenvalue weighted by Gasteiger charge is 2.08. The average Bonchev–Trinajstić information content (AvgIpc) is 2.74. The topological polar surface area (TPSA) is 70.9 Å². The standard InChI is InChI=1S/C8H7N3O2/c12-8(6-2-1-5-13-6)10-7-3-4-9-11-7/h1-5H,(H2,9,10,11,12). The van der Waals surface area contributed by atoms with Gasteiger partial charge in [0, 0.05) is 6.07 Å². The molecular weight excluding hydrogens is 170 g/mol. The van der Waals surface area contributed by atoms with Gasteiger partial charge in [-0.1, -0.05) is 0 Å². The van der Waals surface area contributed by atoms with Crippen LogP contribution in [0.4, 0.5) is 5.82 Å². The van der Waals surface area contributed by atoms with Crippen LogP contribution in [0.25, 0.3) is 0 Å². The molecule has 0 fully saturated rings. The van der Waals surface area contributed by atoms with E-state index < -0.39 is 0 Å². The van der Waals surface area contributed by atoms with Crippen LogP contribution in [-0.4, -0.2) is 16.1 Å². The first-order valence-corrected chi connectivity index (χ1v) is 3.70. The quantitative estimate of drug-likeness (QED) is 0.725. The van der Waals surface area contributed by atoms with Crippen molar-refractivity contribution in [1.29, 1.82) is 0 Å². The Bertz CT molecular complexity index is 377. The van der Waals surface area contributed by atoms with Crippen LogP contribution in [0.5, 0.6) is 0 Å².